The molecule has 1 N–H and O–H groups in total. The van der Waals surface area contributed by atoms with Crippen LogP contribution in [0.4, 0.5) is 10.1 Å². The molecule has 0 bridgehead atoms. The van der Waals surface area contributed by atoms with Crippen LogP contribution in [0.1, 0.15) is 21.7 Å². The fourth-order valence-corrected chi connectivity index (χ4v) is 3.25. The van der Waals surface area contributed by atoms with Crippen LogP contribution in [0.25, 0.3) is 5.69 Å². The minimum Gasteiger partial charge on any atom is -0.497 e. The highest BCUT2D eigenvalue weighted by Crippen LogP contribution is 2.29. The van der Waals surface area contributed by atoms with Gasteiger partial charge in [0.05, 0.1) is 25.5 Å². The van der Waals surface area contributed by atoms with E-state index in [1.807, 2.05) is 11.5 Å². The number of hydrogen-bond acceptors (Lipinski definition) is 5. The molecule has 0 atom stereocenters. The number of esters is 1. The van der Waals surface area contributed by atoms with E-state index in [1.54, 1.807) is 43.3 Å². The van der Waals surface area contributed by atoms with Crippen molar-refractivity contribution in [3.8, 4) is 17.2 Å². The molecule has 1 amide bonds. The zero-order chi connectivity index (χ0) is 22.5. The van der Waals surface area contributed by atoms with Gasteiger partial charge in [0, 0.05) is 23.1 Å². The van der Waals surface area contributed by atoms with Crippen molar-refractivity contribution in [2.45, 2.75) is 13.8 Å². The second-order valence-corrected chi connectivity index (χ2v) is 6.79. The molecule has 1 heterocycles. The minimum absolute atomic E-state index is 0.330. The molecular formula is C23H23FN2O5. The quantitative estimate of drug-likeness (QED) is 0.577. The predicted molar refractivity (Wildman–Crippen MR) is 114 cm³/mol. The zero-order valence-corrected chi connectivity index (χ0v) is 17.7. The first-order valence-corrected chi connectivity index (χ1v) is 9.48. The molecular weight excluding hydrogens is 403 g/mol. The number of hydrogen-bond donors (Lipinski definition) is 1. The topological polar surface area (TPSA) is 78.8 Å². The van der Waals surface area contributed by atoms with Crippen LogP contribution in [0.5, 0.6) is 11.5 Å². The van der Waals surface area contributed by atoms with Gasteiger partial charge < -0.3 is 24.1 Å². The summed E-state index contributed by atoms with van der Waals surface area (Å²) in [5, 5.41) is 2.64. The second kappa shape index (κ2) is 9.34. The van der Waals surface area contributed by atoms with Gasteiger partial charge in [-0.15, -0.1) is 0 Å². The van der Waals surface area contributed by atoms with E-state index >= 15 is 0 Å². The standard InChI is InChI=1S/C23H23FN2O5/c1-14-11-19(15(2)26(14)17-7-5-16(24)6-8-17)23(28)31-13-22(27)25-20-10-9-18(29-3)12-21(20)30-4/h5-12H,13H2,1-4H3,(H,25,27). The largest absolute Gasteiger partial charge is 0.497 e. The number of ether oxygens (including phenoxy) is 3. The Bertz CT molecular complexity index is 1110. The molecule has 1 aromatic heterocycles. The molecule has 3 aromatic rings. The number of rotatable bonds is 7. The maximum absolute atomic E-state index is 13.2. The molecule has 0 aliphatic carbocycles. The Morgan fingerprint density at radius 2 is 1.71 bits per heavy atom. The summed E-state index contributed by atoms with van der Waals surface area (Å²) in [4.78, 5) is 24.8. The average molecular weight is 426 g/mol. The Balaban J connectivity index is 1.68. The van der Waals surface area contributed by atoms with Crippen LogP contribution in [-0.4, -0.2) is 37.3 Å². The number of amides is 1. The van der Waals surface area contributed by atoms with Crippen LogP contribution in [0.15, 0.2) is 48.5 Å². The lowest BCUT2D eigenvalue weighted by atomic mass is 10.2. The van der Waals surface area contributed by atoms with Crippen molar-refractivity contribution in [2.24, 2.45) is 0 Å². The van der Waals surface area contributed by atoms with Gasteiger partial charge in [-0.25, -0.2) is 9.18 Å². The Morgan fingerprint density at radius 1 is 1.00 bits per heavy atom. The molecule has 0 unspecified atom stereocenters. The predicted octanol–water partition coefficient (Wildman–Crippen LogP) is 4.05. The average Bonchev–Trinajstić information content (AvgIpc) is 3.07. The van der Waals surface area contributed by atoms with Gasteiger partial charge in [-0.2, -0.15) is 0 Å². The van der Waals surface area contributed by atoms with E-state index in [2.05, 4.69) is 5.32 Å². The van der Waals surface area contributed by atoms with Gasteiger partial charge in [-0.3, -0.25) is 4.79 Å². The monoisotopic (exact) mass is 426 g/mol. The first-order chi connectivity index (χ1) is 14.8. The molecule has 0 fully saturated rings. The molecule has 0 spiro atoms. The highest BCUT2D eigenvalue weighted by molar-refractivity contribution is 5.97. The van der Waals surface area contributed by atoms with Gasteiger partial charge in [-0.05, 0) is 56.3 Å². The van der Waals surface area contributed by atoms with Crippen molar-refractivity contribution in [1.29, 1.82) is 0 Å². The first kappa shape index (κ1) is 21.9. The van der Waals surface area contributed by atoms with Crippen molar-refractivity contribution in [2.75, 3.05) is 26.1 Å². The number of aromatic nitrogens is 1. The molecule has 3 rings (SSSR count). The lowest BCUT2D eigenvalue weighted by Gasteiger charge is -2.12. The van der Waals surface area contributed by atoms with E-state index in [1.165, 1.54) is 26.4 Å². The highest BCUT2D eigenvalue weighted by Gasteiger charge is 2.19. The van der Waals surface area contributed by atoms with E-state index in [-0.39, 0.29) is 5.82 Å². The van der Waals surface area contributed by atoms with Gasteiger partial charge in [0.25, 0.3) is 5.91 Å². The molecule has 0 saturated heterocycles. The summed E-state index contributed by atoms with van der Waals surface area (Å²) in [6.07, 6.45) is 0. The maximum atomic E-state index is 13.2. The Labute approximate surface area is 179 Å². The number of nitrogens with one attached hydrogen (secondary N) is 1. The van der Waals surface area contributed by atoms with Crippen LogP contribution >= 0.6 is 0 Å². The Kier molecular flexibility index (Phi) is 6.59. The summed E-state index contributed by atoms with van der Waals surface area (Å²) in [6.45, 7) is 3.12. The Hall–Kier alpha value is -3.81. The van der Waals surface area contributed by atoms with E-state index in [4.69, 9.17) is 14.2 Å². The van der Waals surface area contributed by atoms with Gasteiger partial charge in [0.1, 0.15) is 17.3 Å². The summed E-state index contributed by atoms with van der Waals surface area (Å²) in [6, 6.07) is 12.6. The third-order valence-electron chi connectivity index (χ3n) is 4.75. The third kappa shape index (κ3) is 4.85. The molecule has 0 aliphatic rings. The number of carbonyl (C=O) groups excluding carboxylic acids is 2. The molecule has 162 valence electrons. The molecule has 0 aliphatic heterocycles. The van der Waals surface area contributed by atoms with Gasteiger partial charge in [0.2, 0.25) is 0 Å². The van der Waals surface area contributed by atoms with Crippen molar-refractivity contribution < 1.29 is 28.2 Å². The minimum atomic E-state index is -0.627. The normalized spacial score (nSPS) is 10.5. The fourth-order valence-electron chi connectivity index (χ4n) is 3.25. The third-order valence-corrected chi connectivity index (χ3v) is 4.75. The van der Waals surface area contributed by atoms with Crippen molar-refractivity contribution in [3.05, 3.63) is 71.3 Å². The van der Waals surface area contributed by atoms with Crippen LogP contribution in [0, 0.1) is 19.7 Å². The zero-order valence-electron chi connectivity index (χ0n) is 17.7. The number of methoxy groups -OCH3 is 2. The Morgan fingerprint density at radius 3 is 2.35 bits per heavy atom. The number of halogens is 1. The summed E-state index contributed by atoms with van der Waals surface area (Å²) in [5.74, 6) is -0.479. The number of anilines is 1. The van der Waals surface area contributed by atoms with Crippen molar-refractivity contribution >= 4 is 17.6 Å². The molecule has 2 aromatic carbocycles. The number of benzene rings is 2. The summed E-state index contributed by atoms with van der Waals surface area (Å²) >= 11 is 0. The molecule has 31 heavy (non-hydrogen) atoms. The smallest absolute Gasteiger partial charge is 0.340 e. The van der Waals surface area contributed by atoms with E-state index in [9.17, 15) is 14.0 Å². The van der Waals surface area contributed by atoms with Gasteiger partial charge in [-0.1, -0.05) is 0 Å². The van der Waals surface area contributed by atoms with Crippen LogP contribution in [0.3, 0.4) is 0 Å². The van der Waals surface area contributed by atoms with Crippen LogP contribution in [0.2, 0.25) is 0 Å². The van der Waals surface area contributed by atoms with Crippen LogP contribution < -0.4 is 14.8 Å². The molecule has 0 radical (unpaired) electrons. The first-order valence-electron chi connectivity index (χ1n) is 9.48. The highest BCUT2D eigenvalue weighted by atomic mass is 19.1. The second-order valence-electron chi connectivity index (χ2n) is 6.79. The van der Waals surface area contributed by atoms with E-state index in [0.717, 1.165) is 11.4 Å². The van der Waals surface area contributed by atoms with Gasteiger partial charge >= 0.3 is 5.97 Å². The SMILES string of the molecule is COc1ccc(NC(=O)COC(=O)c2cc(C)n(-c3ccc(F)cc3)c2C)c(OC)c1. The van der Waals surface area contributed by atoms with Crippen LogP contribution in [-0.2, 0) is 9.53 Å². The fraction of sp³-hybridized carbons (Fsp3) is 0.217. The lowest BCUT2D eigenvalue weighted by molar-refractivity contribution is -0.119. The van der Waals surface area contributed by atoms with E-state index in [0.29, 0.717) is 28.4 Å². The van der Waals surface area contributed by atoms with Gasteiger partial charge in [0.15, 0.2) is 6.61 Å². The summed E-state index contributed by atoms with van der Waals surface area (Å²) in [7, 11) is 3.00. The van der Waals surface area contributed by atoms with Crippen molar-refractivity contribution in [3.63, 3.8) is 0 Å². The number of nitrogens with zero attached hydrogens (tertiary/aromatic N) is 1. The lowest BCUT2D eigenvalue weighted by Crippen LogP contribution is -2.21. The van der Waals surface area contributed by atoms with E-state index < -0.39 is 18.5 Å². The molecule has 7 nitrogen and oxygen atoms in total. The van der Waals surface area contributed by atoms with Crippen molar-refractivity contribution in [1.82, 2.24) is 4.57 Å². The number of carbonyl (C=O) groups is 2. The molecule has 0 saturated carbocycles. The summed E-state index contributed by atoms with van der Waals surface area (Å²) < 4.78 is 30.6. The number of aryl methyl sites for hydroxylation is 1. The molecule has 8 heteroatoms. The summed E-state index contributed by atoms with van der Waals surface area (Å²) in [5.41, 5.74) is 2.89. The maximum Gasteiger partial charge on any atom is 0.340 e.